The van der Waals surface area contributed by atoms with Crippen LogP contribution in [0.3, 0.4) is 0 Å². The van der Waals surface area contributed by atoms with Crippen molar-refractivity contribution in [2.75, 3.05) is 32.9 Å². The maximum atomic E-state index is 12.7. The molecule has 1 saturated heterocycles. The molecule has 272 valence electrons. The van der Waals surface area contributed by atoms with Crippen LogP contribution in [0.1, 0.15) is 123 Å². The average Bonchev–Trinajstić information content (AvgIpc) is 3.24. The fourth-order valence-corrected chi connectivity index (χ4v) is 5.25. The number of allylic oxidation sites excluding steroid dienone is 10. The second-order valence-electron chi connectivity index (χ2n) is 10.1. The van der Waals surface area contributed by atoms with Crippen LogP contribution in [-0.2, 0) is 4.79 Å². The summed E-state index contributed by atoms with van der Waals surface area (Å²) in [5, 5.41) is 11.4. The van der Waals surface area contributed by atoms with Crippen molar-refractivity contribution in [3.63, 3.8) is 0 Å². The molecular weight excluding hydrogens is 599 g/mol. The molecule has 0 aromatic rings. The van der Waals surface area contributed by atoms with Crippen LogP contribution >= 0.6 is 11.8 Å². The molecule has 0 aromatic heterocycles. The van der Waals surface area contributed by atoms with Crippen molar-refractivity contribution in [1.82, 2.24) is 9.80 Å². The van der Waals surface area contributed by atoms with Crippen LogP contribution in [0.2, 0.25) is 0 Å². The van der Waals surface area contributed by atoms with Gasteiger partial charge in [-0.25, -0.2) is 4.99 Å². The van der Waals surface area contributed by atoms with Gasteiger partial charge in [0, 0.05) is 25.9 Å². The number of thioether (sulfide) groups is 1. The number of hydrogen-bond donors (Lipinski definition) is 1. The zero-order valence-corrected chi connectivity index (χ0v) is 34.6. The molecule has 2 heterocycles. The van der Waals surface area contributed by atoms with E-state index in [1.54, 1.807) is 18.8 Å². The van der Waals surface area contributed by atoms with Crippen molar-refractivity contribution in [2.24, 2.45) is 16.6 Å². The molecule has 6 nitrogen and oxygen atoms in total. The Morgan fingerprint density at radius 1 is 1.09 bits per heavy atom. The average molecular weight is 674 g/mol. The molecule has 2 N–H and O–H groups in total. The van der Waals surface area contributed by atoms with Gasteiger partial charge in [-0.05, 0) is 76.3 Å². The summed E-state index contributed by atoms with van der Waals surface area (Å²) in [4.78, 5) is 21.1. The van der Waals surface area contributed by atoms with Crippen molar-refractivity contribution in [3.8, 4) is 6.07 Å². The number of nitrogens with zero attached hydrogens (tertiary/aromatic N) is 4. The Bertz CT molecular complexity index is 1020. The Balaban J connectivity index is -0.000000259. The summed E-state index contributed by atoms with van der Waals surface area (Å²) in [6, 6.07) is 2.23. The van der Waals surface area contributed by atoms with Crippen molar-refractivity contribution < 1.29 is 4.79 Å². The number of nitriles is 1. The lowest BCUT2D eigenvalue weighted by Gasteiger charge is -2.37. The van der Waals surface area contributed by atoms with E-state index in [9.17, 15) is 10.1 Å². The van der Waals surface area contributed by atoms with E-state index in [0.29, 0.717) is 23.8 Å². The van der Waals surface area contributed by atoms with E-state index in [-0.39, 0.29) is 11.8 Å². The summed E-state index contributed by atoms with van der Waals surface area (Å²) < 4.78 is 0. The molecule has 0 radical (unpaired) electrons. The van der Waals surface area contributed by atoms with Crippen LogP contribution in [0.15, 0.2) is 75.7 Å². The quantitative estimate of drug-likeness (QED) is 0.294. The van der Waals surface area contributed by atoms with Crippen molar-refractivity contribution in [1.29, 1.82) is 5.26 Å². The monoisotopic (exact) mass is 674 g/mol. The first-order chi connectivity index (χ1) is 22.5. The third-order valence-electron chi connectivity index (χ3n) is 5.89. The first-order valence-corrected chi connectivity index (χ1v) is 18.8. The standard InChI is InChI=1S/C21H27N5OS.2C4H8.C3H8.4C2H6/c1-4-16(17-8-6-5-7-15(9-17)10-22)12-28-14-21-13-25(2)11-18(21)19(27)26(3)20(23)24-21;1-4(2)3;1-3-4-2;1-3-2;4*1-2/h5-7,9,12,18H,4,8,11,13-14H2,1-3H3,(H2,23,24);1H2,2-3H3;3-4H,1-2H3;3H2,1-2H3;4*1-2H3/b16-12+;;4-3-;;;;;. The second-order valence-corrected chi connectivity index (χ2v) is 11.0. The number of guanidine groups is 1. The largest absolute Gasteiger partial charge is 0.369 e. The Labute approximate surface area is 297 Å². The molecule has 0 bridgehead atoms. The van der Waals surface area contributed by atoms with Crippen molar-refractivity contribution >= 4 is 23.6 Å². The molecule has 2 atom stereocenters. The number of fused-ring (bicyclic) bond motifs is 1. The summed E-state index contributed by atoms with van der Waals surface area (Å²) in [7, 11) is 3.72. The summed E-state index contributed by atoms with van der Waals surface area (Å²) in [5.41, 5.74) is 9.78. The minimum Gasteiger partial charge on any atom is -0.369 e. The third kappa shape index (κ3) is 23.2. The molecule has 1 aliphatic carbocycles. The lowest BCUT2D eigenvalue weighted by atomic mass is 9.87. The van der Waals surface area contributed by atoms with Crippen LogP contribution in [0, 0.1) is 17.2 Å². The van der Waals surface area contributed by atoms with E-state index >= 15 is 0 Å². The highest BCUT2D eigenvalue weighted by atomic mass is 32.2. The van der Waals surface area contributed by atoms with Gasteiger partial charge >= 0.3 is 0 Å². The number of carbonyl (C=O) groups excluding carboxylic acids is 1. The van der Waals surface area contributed by atoms with Gasteiger partial charge < -0.3 is 10.6 Å². The molecule has 0 saturated carbocycles. The van der Waals surface area contributed by atoms with E-state index in [2.05, 4.69) is 49.8 Å². The van der Waals surface area contributed by atoms with Gasteiger partial charge in [0.05, 0.1) is 23.1 Å². The maximum absolute atomic E-state index is 12.7. The summed E-state index contributed by atoms with van der Waals surface area (Å²) in [6.45, 7) is 35.3. The highest BCUT2D eigenvalue weighted by Gasteiger charge is 2.53. The molecule has 0 aromatic carbocycles. The van der Waals surface area contributed by atoms with E-state index in [0.717, 1.165) is 25.0 Å². The minimum atomic E-state index is -0.474. The zero-order valence-electron chi connectivity index (χ0n) is 33.8. The predicted octanol–water partition coefficient (Wildman–Crippen LogP) is 11.1. The number of likely N-dealkylation sites (N-methyl/N-ethyl adjacent to an activating group) is 1. The molecule has 7 heteroatoms. The third-order valence-corrected chi connectivity index (χ3v) is 7.01. The summed E-state index contributed by atoms with van der Waals surface area (Å²) >= 11 is 1.69. The Morgan fingerprint density at radius 3 is 2.00 bits per heavy atom. The smallest absolute Gasteiger partial charge is 0.235 e. The Morgan fingerprint density at radius 2 is 1.57 bits per heavy atom. The molecular formula is C40H75N5OS. The number of nitrogens with two attached hydrogens (primary N) is 1. The number of hydrogen-bond acceptors (Lipinski definition) is 6. The normalized spacial score (nSPS) is 19.1. The Kier molecular flexibility index (Phi) is 41.1. The SMILES string of the molecule is C/C=C\C.C=C(C)C.CC.CC.CC.CC.CC/C(=C\SCC12CN(C)CC1C(=O)N(C)C(N)=N2)C1=CC(C#N)=CC=CC1.CCC. The van der Waals surface area contributed by atoms with Crippen molar-refractivity contribution in [2.45, 2.75) is 129 Å². The van der Waals surface area contributed by atoms with E-state index in [1.807, 2.05) is 121 Å². The number of likely N-dealkylation sites (tertiary alicyclic amines) is 1. The maximum Gasteiger partial charge on any atom is 0.235 e. The fraction of sp³-hybridized carbons (Fsp3) is 0.625. The zero-order chi connectivity index (χ0) is 38.0. The lowest BCUT2D eigenvalue weighted by molar-refractivity contribution is -0.132. The van der Waals surface area contributed by atoms with Gasteiger partial charge in [-0.15, -0.1) is 18.3 Å². The summed E-state index contributed by atoms with van der Waals surface area (Å²) in [6.07, 6.45) is 14.8. The van der Waals surface area contributed by atoms with Gasteiger partial charge in [-0.2, -0.15) is 5.26 Å². The molecule has 0 spiro atoms. The highest BCUT2D eigenvalue weighted by molar-refractivity contribution is 8.02. The van der Waals surface area contributed by atoms with E-state index in [1.165, 1.54) is 22.5 Å². The van der Waals surface area contributed by atoms with Gasteiger partial charge in [0.2, 0.25) is 5.91 Å². The van der Waals surface area contributed by atoms with Gasteiger partial charge in [0.1, 0.15) is 0 Å². The molecule has 2 unspecified atom stereocenters. The molecule has 1 fully saturated rings. The molecule has 3 aliphatic rings. The first-order valence-electron chi connectivity index (χ1n) is 17.8. The first kappa shape index (κ1) is 53.7. The van der Waals surface area contributed by atoms with Crippen LogP contribution in [0.25, 0.3) is 0 Å². The summed E-state index contributed by atoms with van der Waals surface area (Å²) in [5.74, 6) is 0.902. The molecule has 1 amide bonds. The minimum absolute atomic E-state index is 0.0533. The molecule has 2 aliphatic heterocycles. The van der Waals surface area contributed by atoms with Crippen LogP contribution in [-0.4, -0.2) is 60.1 Å². The van der Waals surface area contributed by atoms with Gasteiger partial charge in [0.15, 0.2) is 5.96 Å². The van der Waals surface area contributed by atoms with E-state index in [4.69, 9.17) is 10.7 Å². The fourth-order valence-electron chi connectivity index (χ4n) is 4.00. The second kappa shape index (κ2) is 36.0. The molecule has 47 heavy (non-hydrogen) atoms. The highest BCUT2D eigenvalue weighted by Crippen LogP contribution is 2.38. The van der Waals surface area contributed by atoms with Crippen molar-refractivity contribution in [3.05, 3.63) is 70.7 Å². The Hall–Kier alpha value is -2.82. The van der Waals surface area contributed by atoms with Gasteiger partial charge in [-0.3, -0.25) is 9.69 Å². The molecule has 3 rings (SSSR count). The number of carbonyl (C=O) groups is 1. The number of rotatable bonds is 5. The van der Waals surface area contributed by atoms with Gasteiger partial charge in [-0.1, -0.05) is 112 Å². The van der Waals surface area contributed by atoms with E-state index < -0.39 is 5.54 Å². The number of aliphatic imine (C=N–C) groups is 1. The van der Waals surface area contributed by atoms with Crippen LogP contribution < -0.4 is 5.73 Å². The topological polar surface area (TPSA) is 85.7 Å². The number of amides is 1. The van der Waals surface area contributed by atoms with Crippen LogP contribution in [0.5, 0.6) is 0 Å². The van der Waals surface area contributed by atoms with Crippen LogP contribution in [0.4, 0.5) is 0 Å². The predicted molar refractivity (Wildman–Crippen MR) is 217 cm³/mol. The lowest BCUT2D eigenvalue weighted by Crippen LogP contribution is -2.56. The van der Waals surface area contributed by atoms with Gasteiger partial charge in [0.25, 0.3) is 0 Å².